The second-order valence-corrected chi connectivity index (χ2v) is 6.00. The van der Waals surface area contributed by atoms with E-state index in [4.69, 9.17) is 10.8 Å². The number of nitrogens with zero attached hydrogens (tertiary/aromatic N) is 4. The lowest BCUT2D eigenvalue weighted by atomic mass is 10.1. The molecule has 0 aliphatic rings. The number of rotatable bonds is 6. The molecule has 0 saturated carbocycles. The highest BCUT2D eigenvalue weighted by Crippen LogP contribution is 2.20. The van der Waals surface area contributed by atoms with Crippen molar-refractivity contribution in [3.05, 3.63) is 65.6 Å². The van der Waals surface area contributed by atoms with Crippen LogP contribution in [0.2, 0.25) is 0 Å². The first kappa shape index (κ1) is 16.6. The van der Waals surface area contributed by atoms with Crippen LogP contribution in [-0.4, -0.2) is 25.9 Å². The van der Waals surface area contributed by atoms with Crippen molar-refractivity contribution in [2.24, 2.45) is 5.73 Å². The zero-order valence-electron chi connectivity index (χ0n) is 14.2. The van der Waals surface area contributed by atoms with Gasteiger partial charge >= 0.3 is 0 Å². The maximum Gasteiger partial charge on any atom is 0.269 e. The van der Waals surface area contributed by atoms with Crippen LogP contribution >= 0.6 is 0 Å². The van der Waals surface area contributed by atoms with Crippen molar-refractivity contribution in [1.82, 2.24) is 20.0 Å². The molecule has 7 heteroatoms. The summed E-state index contributed by atoms with van der Waals surface area (Å²) in [4.78, 5) is 11.0. The highest BCUT2D eigenvalue weighted by molar-refractivity contribution is 5.90. The Morgan fingerprint density at radius 3 is 2.52 bits per heavy atom. The van der Waals surface area contributed by atoms with E-state index in [0.29, 0.717) is 18.3 Å². The van der Waals surface area contributed by atoms with Gasteiger partial charge in [-0.2, -0.15) is 5.10 Å². The number of carbonyl (C=O) groups is 1. The second-order valence-electron chi connectivity index (χ2n) is 6.00. The van der Waals surface area contributed by atoms with Crippen LogP contribution in [0.15, 0.2) is 48.7 Å². The summed E-state index contributed by atoms with van der Waals surface area (Å²) in [5.41, 5.74) is 8.44. The Balaban J connectivity index is 1.79. The molecule has 0 aliphatic heterocycles. The van der Waals surface area contributed by atoms with E-state index in [1.54, 1.807) is 12.1 Å². The summed E-state index contributed by atoms with van der Waals surface area (Å²) in [7, 11) is 0. The number of para-hydroxylation sites is 1. The molecule has 25 heavy (non-hydrogen) atoms. The summed E-state index contributed by atoms with van der Waals surface area (Å²) < 4.78 is 1.88. The maximum absolute atomic E-state index is 11.0. The van der Waals surface area contributed by atoms with Gasteiger partial charge in [-0.05, 0) is 30.2 Å². The number of carbonyl (C=O) groups excluding carboxylic acids is 1. The zero-order chi connectivity index (χ0) is 17.8. The van der Waals surface area contributed by atoms with Crippen molar-refractivity contribution in [3.8, 4) is 5.69 Å². The summed E-state index contributed by atoms with van der Waals surface area (Å²) >= 11 is 0. The van der Waals surface area contributed by atoms with Crippen molar-refractivity contribution in [2.75, 3.05) is 5.32 Å². The van der Waals surface area contributed by atoms with Crippen LogP contribution in [0.1, 0.15) is 41.5 Å². The quantitative estimate of drug-likeness (QED) is 0.720. The molecule has 0 bridgehead atoms. The fraction of sp³-hybridized carbons (Fsp3) is 0.222. The zero-order valence-corrected chi connectivity index (χ0v) is 14.2. The van der Waals surface area contributed by atoms with Crippen molar-refractivity contribution in [2.45, 2.75) is 26.3 Å². The number of anilines is 1. The Hall–Kier alpha value is -3.22. The molecule has 128 valence electrons. The number of nitrogens with two attached hydrogens (primary N) is 1. The molecule has 0 aliphatic carbocycles. The predicted molar refractivity (Wildman–Crippen MR) is 95.5 cm³/mol. The molecule has 0 unspecified atom stereocenters. The van der Waals surface area contributed by atoms with Crippen LogP contribution in [0.25, 0.3) is 5.69 Å². The van der Waals surface area contributed by atoms with Crippen molar-refractivity contribution in [3.63, 3.8) is 0 Å². The molecule has 3 rings (SSSR count). The smallest absolute Gasteiger partial charge is 0.269 e. The fourth-order valence-electron chi connectivity index (χ4n) is 2.50. The van der Waals surface area contributed by atoms with Crippen LogP contribution < -0.4 is 11.1 Å². The summed E-state index contributed by atoms with van der Waals surface area (Å²) in [5, 5.41) is 15.7. The molecule has 0 atom stereocenters. The molecule has 0 fully saturated rings. The minimum absolute atomic E-state index is 0.144. The third-order valence-corrected chi connectivity index (χ3v) is 3.77. The normalized spacial score (nSPS) is 10.8. The molecule has 1 amide bonds. The SMILES string of the molecule is CC(C)c1nn(-c2ccccc2)cc1CNc1ccc(C(N)=O)nn1. The number of aromatic nitrogens is 4. The van der Waals surface area contributed by atoms with Crippen molar-refractivity contribution in [1.29, 1.82) is 0 Å². The minimum Gasteiger partial charge on any atom is -0.364 e. The lowest BCUT2D eigenvalue weighted by Crippen LogP contribution is -2.14. The summed E-state index contributed by atoms with van der Waals surface area (Å²) in [6.07, 6.45) is 2.02. The van der Waals surface area contributed by atoms with Crippen molar-refractivity contribution < 1.29 is 4.79 Å². The van der Waals surface area contributed by atoms with Crippen LogP contribution in [0.4, 0.5) is 5.82 Å². The van der Waals surface area contributed by atoms with Gasteiger partial charge in [0.05, 0.1) is 11.4 Å². The van der Waals surface area contributed by atoms with Gasteiger partial charge in [-0.1, -0.05) is 32.0 Å². The van der Waals surface area contributed by atoms with Gasteiger partial charge in [0.1, 0.15) is 5.82 Å². The Kier molecular flexibility index (Phi) is 4.74. The van der Waals surface area contributed by atoms with Crippen LogP contribution in [0, 0.1) is 0 Å². The number of hydrogen-bond donors (Lipinski definition) is 2. The van der Waals surface area contributed by atoms with Gasteiger partial charge in [0.2, 0.25) is 0 Å². The third kappa shape index (κ3) is 3.82. The maximum atomic E-state index is 11.0. The van der Waals surface area contributed by atoms with E-state index in [2.05, 4.69) is 29.4 Å². The number of amides is 1. The van der Waals surface area contributed by atoms with E-state index in [9.17, 15) is 4.79 Å². The van der Waals surface area contributed by atoms with Gasteiger partial charge in [-0.3, -0.25) is 4.79 Å². The Bertz CT molecular complexity index is 855. The van der Waals surface area contributed by atoms with Gasteiger partial charge in [0, 0.05) is 18.3 Å². The molecular weight excluding hydrogens is 316 g/mol. The largest absolute Gasteiger partial charge is 0.364 e. The average molecular weight is 336 g/mol. The standard InChI is InChI=1S/C18H20N6O/c1-12(2)17-13(11-24(23-17)14-6-4-3-5-7-14)10-20-16-9-8-15(18(19)25)21-22-16/h3-9,11-12H,10H2,1-2H3,(H2,19,25)(H,20,22). The monoisotopic (exact) mass is 336 g/mol. The van der Waals surface area contributed by atoms with Gasteiger partial charge in [-0.25, -0.2) is 4.68 Å². The fourth-order valence-corrected chi connectivity index (χ4v) is 2.50. The lowest BCUT2D eigenvalue weighted by molar-refractivity contribution is 0.0994. The molecule has 3 aromatic rings. The Morgan fingerprint density at radius 2 is 1.92 bits per heavy atom. The molecule has 0 spiro atoms. The minimum atomic E-state index is -0.592. The van der Waals surface area contributed by atoms with Crippen LogP contribution in [-0.2, 0) is 6.54 Å². The van der Waals surface area contributed by atoms with Gasteiger partial charge < -0.3 is 11.1 Å². The van der Waals surface area contributed by atoms with Crippen molar-refractivity contribution >= 4 is 11.7 Å². The first-order valence-corrected chi connectivity index (χ1v) is 8.06. The first-order valence-electron chi connectivity index (χ1n) is 8.06. The number of primary amides is 1. The lowest BCUT2D eigenvalue weighted by Gasteiger charge is -2.07. The number of nitrogens with one attached hydrogen (secondary N) is 1. The topological polar surface area (TPSA) is 98.7 Å². The molecule has 3 N–H and O–H groups in total. The van der Waals surface area contributed by atoms with Gasteiger partial charge in [0.15, 0.2) is 5.69 Å². The highest BCUT2D eigenvalue weighted by atomic mass is 16.1. The van der Waals surface area contributed by atoms with Gasteiger partial charge in [0.25, 0.3) is 5.91 Å². The van der Waals surface area contributed by atoms with E-state index in [0.717, 1.165) is 16.9 Å². The van der Waals surface area contributed by atoms with E-state index in [1.165, 1.54) is 0 Å². The van der Waals surface area contributed by atoms with E-state index in [-0.39, 0.29) is 5.69 Å². The molecular formula is C18H20N6O. The summed E-state index contributed by atoms with van der Waals surface area (Å²) in [5.74, 6) is 0.280. The first-order chi connectivity index (χ1) is 12.0. The summed E-state index contributed by atoms with van der Waals surface area (Å²) in [6, 6.07) is 13.2. The van der Waals surface area contributed by atoms with Gasteiger partial charge in [-0.15, -0.1) is 10.2 Å². The molecule has 1 aromatic carbocycles. The van der Waals surface area contributed by atoms with Crippen LogP contribution in [0.5, 0.6) is 0 Å². The number of benzene rings is 1. The molecule has 7 nitrogen and oxygen atoms in total. The third-order valence-electron chi connectivity index (χ3n) is 3.77. The molecule has 2 heterocycles. The molecule has 0 saturated heterocycles. The molecule has 0 radical (unpaired) electrons. The predicted octanol–water partition coefficient (Wildman–Crippen LogP) is 2.50. The Morgan fingerprint density at radius 1 is 1.16 bits per heavy atom. The summed E-state index contributed by atoms with van der Waals surface area (Å²) in [6.45, 7) is 4.79. The van der Waals surface area contributed by atoms with E-state index in [1.807, 2.05) is 41.2 Å². The van der Waals surface area contributed by atoms with Crippen LogP contribution in [0.3, 0.4) is 0 Å². The number of hydrogen-bond acceptors (Lipinski definition) is 5. The highest BCUT2D eigenvalue weighted by Gasteiger charge is 2.13. The molecule has 2 aromatic heterocycles. The van der Waals surface area contributed by atoms with E-state index >= 15 is 0 Å². The second kappa shape index (κ2) is 7.12. The Labute approximate surface area is 145 Å². The average Bonchev–Trinajstić information content (AvgIpc) is 3.05. The van der Waals surface area contributed by atoms with E-state index < -0.39 is 5.91 Å².